The minimum atomic E-state index is -0.360. The predicted molar refractivity (Wildman–Crippen MR) is 100 cm³/mol. The summed E-state index contributed by atoms with van der Waals surface area (Å²) in [5.74, 6) is 1.09. The molecule has 0 fully saturated rings. The van der Waals surface area contributed by atoms with Crippen LogP contribution >= 0.6 is 23.2 Å². The van der Waals surface area contributed by atoms with Gasteiger partial charge in [-0.25, -0.2) is 0 Å². The summed E-state index contributed by atoms with van der Waals surface area (Å²) < 4.78 is 15.9. The average molecular weight is 382 g/mol. The van der Waals surface area contributed by atoms with E-state index in [1.807, 2.05) is 0 Å². The maximum Gasteiger partial charge on any atom is 0.248 e. The monoisotopic (exact) mass is 381 g/mol. The number of carbonyl (C=O) groups is 1. The lowest BCUT2D eigenvalue weighted by atomic mass is 10.1. The molecule has 5 nitrogen and oxygen atoms in total. The molecular formula is C18H17Cl2NO4. The van der Waals surface area contributed by atoms with E-state index in [2.05, 4.69) is 5.32 Å². The Hall–Kier alpha value is -2.37. The molecule has 0 aliphatic rings. The van der Waals surface area contributed by atoms with Gasteiger partial charge in [-0.05, 0) is 30.3 Å². The first kappa shape index (κ1) is 19.0. The van der Waals surface area contributed by atoms with Crippen molar-refractivity contribution in [2.75, 3.05) is 26.6 Å². The standard InChI is InChI=1S/C18H17Cl2NO4/c1-23-14-9-7-11(17(24-2)18(14)25-3)8-10-15(22)21-13-6-4-5-12(19)16(13)20/h4-10H,1-3H3,(H,21,22)/b10-8+. The molecule has 0 unspecified atom stereocenters. The van der Waals surface area contributed by atoms with Gasteiger partial charge in [0, 0.05) is 11.6 Å². The highest BCUT2D eigenvalue weighted by molar-refractivity contribution is 6.44. The zero-order valence-electron chi connectivity index (χ0n) is 13.9. The molecule has 7 heteroatoms. The Kier molecular flexibility index (Phi) is 6.56. The number of amides is 1. The lowest BCUT2D eigenvalue weighted by molar-refractivity contribution is -0.111. The largest absolute Gasteiger partial charge is 0.493 e. The van der Waals surface area contributed by atoms with Crippen LogP contribution in [0.1, 0.15) is 5.56 Å². The highest BCUT2D eigenvalue weighted by atomic mass is 35.5. The summed E-state index contributed by atoms with van der Waals surface area (Å²) in [7, 11) is 4.57. The van der Waals surface area contributed by atoms with Crippen molar-refractivity contribution < 1.29 is 19.0 Å². The second kappa shape index (κ2) is 8.65. The van der Waals surface area contributed by atoms with Crippen molar-refractivity contribution in [2.45, 2.75) is 0 Å². The Morgan fingerprint density at radius 3 is 2.36 bits per heavy atom. The predicted octanol–water partition coefficient (Wildman–Crippen LogP) is 4.67. The second-order valence-corrected chi connectivity index (χ2v) is 5.63. The van der Waals surface area contributed by atoms with Crippen LogP contribution in [0.25, 0.3) is 6.08 Å². The second-order valence-electron chi connectivity index (χ2n) is 4.85. The Balaban J connectivity index is 2.24. The van der Waals surface area contributed by atoms with Gasteiger partial charge in [0.2, 0.25) is 11.7 Å². The van der Waals surface area contributed by atoms with Crippen molar-refractivity contribution >= 4 is 40.9 Å². The van der Waals surface area contributed by atoms with Crippen LogP contribution in [0, 0.1) is 0 Å². The first-order chi connectivity index (χ1) is 12.0. The number of rotatable bonds is 6. The maximum absolute atomic E-state index is 12.1. The van der Waals surface area contributed by atoms with Crippen LogP contribution in [0.4, 0.5) is 5.69 Å². The van der Waals surface area contributed by atoms with E-state index in [4.69, 9.17) is 37.4 Å². The van der Waals surface area contributed by atoms with Gasteiger partial charge >= 0.3 is 0 Å². The minimum Gasteiger partial charge on any atom is -0.493 e. The number of anilines is 1. The third kappa shape index (κ3) is 4.38. The van der Waals surface area contributed by atoms with Gasteiger partial charge in [-0.1, -0.05) is 29.3 Å². The molecule has 0 aliphatic carbocycles. The zero-order valence-corrected chi connectivity index (χ0v) is 15.4. The Bertz CT molecular complexity index is 806. The maximum atomic E-state index is 12.1. The average Bonchev–Trinajstić information content (AvgIpc) is 2.62. The SMILES string of the molecule is COc1ccc(/C=C/C(=O)Nc2cccc(Cl)c2Cl)c(OC)c1OC. The molecule has 0 aromatic heterocycles. The highest BCUT2D eigenvalue weighted by Crippen LogP contribution is 2.40. The molecule has 0 radical (unpaired) electrons. The van der Waals surface area contributed by atoms with Crippen LogP contribution in [0.15, 0.2) is 36.4 Å². The van der Waals surface area contributed by atoms with Gasteiger partial charge in [-0.15, -0.1) is 0 Å². The highest BCUT2D eigenvalue weighted by Gasteiger charge is 2.14. The Morgan fingerprint density at radius 1 is 1.00 bits per heavy atom. The topological polar surface area (TPSA) is 56.8 Å². The summed E-state index contributed by atoms with van der Waals surface area (Å²) in [4.78, 5) is 12.1. The number of benzene rings is 2. The molecule has 0 spiro atoms. The first-order valence-electron chi connectivity index (χ1n) is 7.23. The van der Waals surface area contributed by atoms with Gasteiger partial charge in [-0.2, -0.15) is 0 Å². The summed E-state index contributed by atoms with van der Waals surface area (Å²) in [6, 6.07) is 8.49. The summed E-state index contributed by atoms with van der Waals surface area (Å²) in [5, 5.41) is 3.32. The number of hydrogen-bond acceptors (Lipinski definition) is 4. The van der Waals surface area contributed by atoms with Crippen LogP contribution in [0.5, 0.6) is 17.2 Å². The van der Waals surface area contributed by atoms with E-state index in [9.17, 15) is 4.79 Å². The fourth-order valence-electron chi connectivity index (χ4n) is 2.20. The fraction of sp³-hybridized carbons (Fsp3) is 0.167. The molecule has 0 saturated heterocycles. The molecule has 132 valence electrons. The molecular weight excluding hydrogens is 365 g/mol. The van der Waals surface area contributed by atoms with E-state index in [0.29, 0.717) is 33.5 Å². The quantitative estimate of drug-likeness (QED) is 0.738. The number of carbonyl (C=O) groups excluding carboxylic acids is 1. The summed E-state index contributed by atoms with van der Waals surface area (Å²) >= 11 is 12.0. The molecule has 1 N–H and O–H groups in total. The van der Waals surface area contributed by atoms with Crippen LogP contribution < -0.4 is 19.5 Å². The van der Waals surface area contributed by atoms with Crippen molar-refractivity contribution in [2.24, 2.45) is 0 Å². The first-order valence-corrected chi connectivity index (χ1v) is 7.99. The molecule has 0 saturated carbocycles. The van der Waals surface area contributed by atoms with Crippen molar-refractivity contribution in [1.29, 1.82) is 0 Å². The molecule has 2 aromatic carbocycles. The van der Waals surface area contributed by atoms with Gasteiger partial charge in [0.25, 0.3) is 0 Å². The summed E-state index contributed by atoms with van der Waals surface area (Å²) in [6.45, 7) is 0. The summed E-state index contributed by atoms with van der Waals surface area (Å²) in [5.41, 5.74) is 1.09. The Labute approximate surface area is 156 Å². The smallest absolute Gasteiger partial charge is 0.248 e. The van der Waals surface area contributed by atoms with E-state index < -0.39 is 0 Å². The minimum absolute atomic E-state index is 0.287. The molecule has 0 aliphatic heterocycles. The number of nitrogens with one attached hydrogen (secondary N) is 1. The fourth-order valence-corrected chi connectivity index (χ4v) is 2.54. The van der Waals surface area contributed by atoms with Gasteiger partial charge in [0.1, 0.15) is 0 Å². The molecule has 0 heterocycles. The van der Waals surface area contributed by atoms with E-state index >= 15 is 0 Å². The molecule has 2 rings (SSSR count). The van der Waals surface area contributed by atoms with E-state index in [1.54, 1.807) is 36.4 Å². The number of hydrogen-bond donors (Lipinski definition) is 1. The van der Waals surface area contributed by atoms with E-state index in [0.717, 1.165) is 0 Å². The van der Waals surface area contributed by atoms with Crippen LogP contribution in [-0.4, -0.2) is 27.2 Å². The Morgan fingerprint density at radius 2 is 1.72 bits per heavy atom. The molecule has 1 amide bonds. The van der Waals surface area contributed by atoms with Gasteiger partial charge in [0.05, 0.1) is 37.1 Å². The lowest BCUT2D eigenvalue weighted by Gasteiger charge is -2.14. The van der Waals surface area contributed by atoms with E-state index in [-0.39, 0.29) is 10.9 Å². The van der Waals surface area contributed by atoms with Crippen LogP contribution in [-0.2, 0) is 4.79 Å². The number of ether oxygens (including phenoxy) is 3. The third-order valence-corrected chi connectivity index (χ3v) is 4.18. The van der Waals surface area contributed by atoms with Crippen molar-refractivity contribution in [1.82, 2.24) is 0 Å². The lowest BCUT2D eigenvalue weighted by Crippen LogP contribution is -2.08. The molecule has 0 atom stereocenters. The number of methoxy groups -OCH3 is 3. The van der Waals surface area contributed by atoms with Crippen molar-refractivity contribution in [3.63, 3.8) is 0 Å². The van der Waals surface area contributed by atoms with Gasteiger partial charge in [-0.3, -0.25) is 4.79 Å². The van der Waals surface area contributed by atoms with Crippen LogP contribution in [0.2, 0.25) is 10.0 Å². The zero-order chi connectivity index (χ0) is 18.4. The number of halogens is 2. The third-order valence-electron chi connectivity index (χ3n) is 3.36. The van der Waals surface area contributed by atoms with Gasteiger partial charge < -0.3 is 19.5 Å². The van der Waals surface area contributed by atoms with Crippen molar-refractivity contribution in [3.05, 3.63) is 52.0 Å². The molecule has 0 bridgehead atoms. The summed E-state index contributed by atoms with van der Waals surface area (Å²) in [6.07, 6.45) is 2.97. The molecule has 25 heavy (non-hydrogen) atoms. The van der Waals surface area contributed by atoms with Gasteiger partial charge in [0.15, 0.2) is 11.5 Å². The normalized spacial score (nSPS) is 10.6. The molecule has 2 aromatic rings. The van der Waals surface area contributed by atoms with Crippen molar-refractivity contribution in [3.8, 4) is 17.2 Å². The van der Waals surface area contributed by atoms with Crippen LogP contribution in [0.3, 0.4) is 0 Å². The van der Waals surface area contributed by atoms with E-state index in [1.165, 1.54) is 27.4 Å².